The van der Waals surface area contributed by atoms with Gasteiger partial charge in [0.2, 0.25) is 17.7 Å². The van der Waals surface area contributed by atoms with E-state index in [4.69, 9.17) is 5.73 Å². The van der Waals surface area contributed by atoms with Gasteiger partial charge in [-0.15, -0.1) is 0 Å². The molecule has 3 N–H and O–H groups in total. The molecule has 1 fully saturated rings. The van der Waals surface area contributed by atoms with Crippen molar-refractivity contribution in [2.75, 3.05) is 29.9 Å². The number of carbonyl (C=O) groups is 1. The lowest BCUT2D eigenvalue weighted by molar-refractivity contribution is -0.384. The van der Waals surface area contributed by atoms with Crippen LogP contribution in [0.1, 0.15) is 20.3 Å². The molecule has 0 aliphatic carbocycles. The van der Waals surface area contributed by atoms with E-state index in [9.17, 15) is 14.9 Å². The van der Waals surface area contributed by atoms with Crippen LogP contribution in [0.4, 0.5) is 17.5 Å². The summed E-state index contributed by atoms with van der Waals surface area (Å²) in [5.41, 5.74) is 4.53. The average molecular weight is 294 g/mol. The first-order valence-corrected chi connectivity index (χ1v) is 6.67. The van der Waals surface area contributed by atoms with Crippen molar-refractivity contribution >= 4 is 23.4 Å². The fourth-order valence-corrected chi connectivity index (χ4v) is 2.31. The lowest BCUT2D eigenvalue weighted by Gasteiger charge is -2.21. The Balaban J connectivity index is 2.36. The first-order chi connectivity index (χ1) is 9.87. The van der Waals surface area contributed by atoms with Crippen LogP contribution in [0.25, 0.3) is 0 Å². The quantitative estimate of drug-likeness (QED) is 0.598. The molecule has 1 aromatic rings. The number of carbonyl (C=O) groups excluding carboxylic acids is 1. The summed E-state index contributed by atoms with van der Waals surface area (Å²) in [6.07, 6.45) is 1.72. The van der Waals surface area contributed by atoms with Crippen LogP contribution in [-0.2, 0) is 4.79 Å². The Hall–Kier alpha value is -2.45. The van der Waals surface area contributed by atoms with Gasteiger partial charge in [-0.2, -0.15) is 4.98 Å². The third-order valence-corrected chi connectivity index (χ3v) is 3.65. The van der Waals surface area contributed by atoms with Crippen LogP contribution in [0.15, 0.2) is 6.20 Å². The molecule has 0 saturated carbocycles. The van der Waals surface area contributed by atoms with Crippen LogP contribution >= 0.6 is 0 Å². The second-order valence-electron chi connectivity index (χ2n) is 5.29. The summed E-state index contributed by atoms with van der Waals surface area (Å²) in [6, 6.07) is 0. The second-order valence-corrected chi connectivity index (χ2v) is 5.29. The molecule has 2 heterocycles. The molecule has 1 atom stereocenters. The van der Waals surface area contributed by atoms with Crippen molar-refractivity contribution in [2.24, 2.45) is 11.1 Å². The van der Waals surface area contributed by atoms with Crippen molar-refractivity contribution in [1.82, 2.24) is 9.97 Å². The predicted molar refractivity (Wildman–Crippen MR) is 77.0 cm³/mol. The van der Waals surface area contributed by atoms with Gasteiger partial charge in [0.1, 0.15) is 6.20 Å². The summed E-state index contributed by atoms with van der Waals surface area (Å²) in [6.45, 7) is 5.04. The van der Waals surface area contributed by atoms with E-state index in [1.165, 1.54) is 6.20 Å². The Labute approximate surface area is 121 Å². The van der Waals surface area contributed by atoms with Crippen molar-refractivity contribution in [3.05, 3.63) is 16.3 Å². The standard InChI is InChI=1S/C12H18N6O3/c1-3-14-11-15-6-8(18(20)21)9(16-11)17-5-4-12(2,7-17)10(13)19/h6H,3-5,7H2,1-2H3,(H2,13,19)(H,14,15,16). The third kappa shape index (κ3) is 2.86. The molecular formula is C12H18N6O3. The largest absolute Gasteiger partial charge is 0.369 e. The van der Waals surface area contributed by atoms with E-state index in [-0.39, 0.29) is 11.5 Å². The minimum absolute atomic E-state index is 0.176. The number of nitrogens with two attached hydrogens (primary N) is 1. The molecule has 1 aliphatic heterocycles. The molecule has 21 heavy (non-hydrogen) atoms. The van der Waals surface area contributed by atoms with Crippen molar-refractivity contribution in [3.63, 3.8) is 0 Å². The molecule has 1 saturated heterocycles. The van der Waals surface area contributed by atoms with Gasteiger partial charge < -0.3 is 16.0 Å². The first-order valence-electron chi connectivity index (χ1n) is 6.67. The minimum Gasteiger partial charge on any atom is -0.369 e. The zero-order valence-corrected chi connectivity index (χ0v) is 12.0. The van der Waals surface area contributed by atoms with Gasteiger partial charge in [0, 0.05) is 19.6 Å². The minimum atomic E-state index is -0.697. The zero-order chi connectivity index (χ0) is 15.6. The summed E-state index contributed by atoms with van der Waals surface area (Å²) in [4.78, 5) is 31.9. The number of primary amides is 1. The fraction of sp³-hybridized carbons (Fsp3) is 0.583. The predicted octanol–water partition coefficient (Wildman–Crippen LogP) is 0.518. The Bertz CT molecular complexity index is 578. The maximum absolute atomic E-state index is 11.5. The number of nitrogens with one attached hydrogen (secondary N) is 1. The molecule has 1 unspecified atom stereocenters. The molecule has 0 bridgehead atoms. The maximum Gasteiger partial charge on any atom is 0.329 e. The molecule has 114 valence electrons. The number of nitrogens with zero attached hydrogens (tertiary/aromatic N) is 4. The van der Waals surface area contributed by atoms with E-state index in [0.717, 1.165) is 0 Å². The van der Waals surface area contributed by atoms with Crippen molar-refractivity contribution in [1.29, 1.82) is 0 Å². The zero-order valence-electron chi connectivity index (χ0n) is 12.0. The smallest absolute Gasteiger partial charge is 0.329 e. The Kier molecular flexibility index (Phi) is 3.92. The van der Waals surface area contributed by atoms with E-state index in [2.05, 4.69) is 15.3 Å². The number of nitro groups is 1. The van der Waals surface area contributed by atoms with Crippen LogP contribution in [0.3, 0.4) is 0 Å². The lowest BCUT2D eigenvalue weighted by Crippen LogP contribution is -2.37. The van der Waals surface area contributed by atoms with E-state index in [1.54, 1.807) is 11.8 Å². The molecule has 1 aromatic heterocycles. The molecule has 9 heteroatoms. The second kappa shape index (κ2) is 5.51. The maximum atomic E-state index is 11.5. The molecule has 2 rings (SSSR count). The van der Waals surface area contributed by atoms with E-state index < -0.39 is 16.2 Å². The van der Waals surface area contributed by atoms with Crippen LogP contribution in [0.2, 0.25) is 0 Å². The van der Waals surface area contributed by atoms with Crippen molar-refractivity contribution < 1.29 is 9.72 Å². The molecular weight excluding hydrogens is 276 g/mol. The summed E-state index contributed by atoms with van der Waals surface area (Å²) >= 11 is 0. The van der Waals surface area contributed by atoms with Crippen LogP contribution < -0.4 is 16.0 Å². The number of rotatable bonds is 5. The summed E-state index contributed by atoms with van der Waals surface area (Å²) in [5, 5.41) is 14.0. The Morgan fingerprint density at radius 1 is 1.67 bits per heavy atom. The van der Waals surface area contributed by atoms with Crippen LogP contribution in [0.5, 0.6) is 0 Å². The highest BCUT2D eigenvalue weighted by Crippen LogP contribution is 2.36. The topological polar surface area (TPSA) is 127 Å². The number of hydrogen-bond donors (Lipinski definition) is 2. The summed E-state index contributed by atoms with van der Waals surface area (Å²) < 4.78 is 0. The number of hydrogen-bond acceptors (Lipinski definition) is 7. The highest BCUT2D eigenvalue weighted by molar-refractivity contribution is 5.82. The molecule has 0 spiro atoms. The monoisotopic (exact) mass is 294 g/mol. The van der Waals surface area contributed by atoms with Crippen LogP contribution in [0, 0.1) is 15.5 Å². The Morgan fingerprint density at radius 2 is 2.38 bits per heavy atom. The van der Waals surface area contributed by atoms with Gasteiger partial charge in [-0.1, -0.05) is 0 Å². The van der Waals surface area contributed by atoms with E-state index in [0.29, 0.717) is 32.0 Å². The molecule has 1 amide bonds. The summed E-state index contributed by atoms with van der Waals surface area (Å²) in [5.74, 6) is 0.135. The van der Waals surface area contributed by atoms with Crippen molar-refractivity contribution in [3.8, 4) is 0 Å². The van der Waals surface area contributed by atoms with Crippen molar-refractivity contribution in [2.45, 2.75) is 20.3 Å². The fourth-order valence-electron chi connectivity index (χ4n) is 2.31. The first kappa shape index (κ1) is 14.9. The third-order valence-electron chi connectivity index (χ3n) is 3.65. The van der Waals surface area contributed by atoms with Gasteiger partial charge in [-0.25, -0.2) is 4.98 Å². The van der Waals surface area contributed by atoms with Crippen LogP contribution in [-0.4, -0.2) is 40.4 Å². The summed E-state index contributed by atoms with van der Waals surface area (Å²) in [7, 11) is 0. The van der Waals surface area contributed by atoms with E-state index in [1.807, 2.05) is 6.92 Å². The number of anilines is 2. The normalized spacial score (nSPS) is 21.3. The van der Waals surface area contributed by atoms with Gasteiger partial charge in [-0.05, 0) is 20.3 Å². The highest BCUT2D eigenvalue weighted by atomic mass is 16.6. The number of aromatic nitrogens is 2. The SMILES string of the molecule is CCNc1ncc([N+](=O)[O-])c(N2CCC(C)(C(N)=O)C2)n1. The van der Waals surface area contributed by atoms with Gasteiger partial charge in [0.15, 0.2) is 0 Å². The molecule has 9 nitrogen and oxygen atoms in total. The van der Waals surface area contributed by atoms with E-state index >= 15 is 0 Å². The molecule has 0 radical (unpaired) electrons. The average Bonchev–Trinajstić information content (AvgIpc) is 2.83. The van der Waals surface area contributed by atoms with Gasteiger partial charge in [-0.3, -0.25) is 14.9 Å². The van der Waals surface area contributed by atoms with Gasteiger partial charge in [0.05, 0.1) is 10.3 Å². The Morgan fingerprint density at radius 3 is 2.90 bits per heavy atom. The lowest BCUT2D eigenvalue weighted by atomic mass is 9.89. The molecule has 1 aliphatic rings. The molecule has 0 aromatic carbocycles. The van der Waals surface area contributed by atoms with Gasteiger partial charge >= 0.3 is 5.69 Å². The number of amides is 1. The van der Waals surface area contributed by atoms with Gasteiger partial charge in [0.25, 0.3) is 0 Å². The highest BCUT2D eigenvalue weighted by Gasteiger charge is 2.41.